The van der Waals surface area contributed by atoms with Gasteiger partial charge >= 0.3 is 0 Å². The van der Waals surface area contributed by atoms with Gasteiger partial charge in [0.15, 0.2) is 0 Å². The minimum Gasteiger partial charge on any atom is -0.335 e. The normalized spacial score (nSPS) is 10.2. The number of nitrogens with two attached hydrogens (primary N) is 1. The van der Waals surface area contributed by atoms with Gasteiger partial charge in [0.05, 0.1) is 11.3 Å². The first-order valence-corrected chi connectivity index (χ1v) is 7.13. The first-order chi connectivity index (χ1) is 10.2. The Morgan fingerprint density at radius 3 is 2.57 bits per heavy atom. The molecule has 0 heterocycles. The number of carbonyl (C=O) groups excluding carboxylic acids is 1. The van der Waals surface area contributed by atoms with E-state index in [1.54, 1.807) is 23.1 Å². The second kappa shape index (κ2) is 7.11. The third kappa shape index (κ3) is 3.74. The van der Waals surface area contributed by atoms with Crippen LogP contribution < -0.4 is 11.3 Å². The molecule has 21 heavy (non-hydrogen) atoms. The van der Waals surface area contributed by atoms with Crippen LogP contribution in [0.4, 0.5) is 5.69 Å². The lowest BCUT2D eigenvalue weighted by Crippen LogP contribution is -2.31. The van der Waals surface area contributed by atoms with E-state index in [0.717, 1.165) is 5.56 Å². The molecule has 3 N–H and O–H groups in total. The summed E-state index contributed by atoms with van der Waals surface area (Å²) in [5.74, 6) is 5.37. The first kappa shape index (κ1) is 15.4. The number of benzene rings is 2. The average molecular weight is 304 g/mol. The molecule has 1 amide bonds. The molecule has 0 fully saturated rings. The molecule has 0 spiro atoms. The van der Waals surface area contributed by atoms with Crippen molar-refractivity contribution in [2.75, 3.05) is 12.0 Å². The molecule has 5 heteroatoms. The van der Waals surface area contributed by atoms with Crippen LogP contribution in [0.1, 0.15) is 22.8 Å². The van der Waals surface area contributed by atoms with Gasteiger partial charge in [0.2, 0.25) is 0 Å². The monoisotopic (exact) mass is 303 g/mol. The van der Waals surface area contributed by atoms with Crippen molar-refractivity contribution in [2.24, 2.45) is 5.84 Å². The number of halogens is 1. The van der Waals surface area contributed by atoms with Gasteiger partial charge in [0.1, 0.15) is 0 Å². The van der Waals surface area contributed by atoms with Crippen molar-refractivity contribution < 1.29 is 4.79 Å². The first-order valence-electron chi connectivity index (χ1n) is 6.75. The van der Waals surface area contributed by atoms with E-state index in [9.17, 15) is 4.79 Å². The Bertz CT molecular complexity index is 616. The number of hydrogen-bond donors (Lipinski definition) is 2. The Hall–Kier alpha value is -2.04. The van der Waals surface area contributed by atoms with E-state index < -0.39 is 0 Å². The smallest absolute Gasteiger partial charge is 0.256 e. The van der Waals surface area contributed by atoms with Gasteiger partial charge in [-0.15, -0.1) is 0 Å². The second-order valence-electron chi connectivity index (χ2n) is 4.64. The summed E-state index contributed by atoms with van der Waals surface area (Å²) in [5.41, 5.74) is 4.66. The summed E-state index contributed by atoms with van der Waals surface area (Å²) in [5, 5.41) is 0.508. The van der Waals surface area contributed by atoms with Gasteiger partial charge in [0.25, 0.3) is 5.91 Å². The molecule has 0 aliphatic heterocycles. The zero-order valence-corrected chi connectivity index (χ0v) is 12.6. The molecule has 110 valence electrons. The predicted molar refractivity (Wildman–Crippen MR) is 86.1 cm³/mol. The summed E-state index contributed by atoms with van der Waals surface area (Å²) >= 11 is 5.99. The number of hydrogen-bond acceptors (Lipinski definition) is 3. The number of rotatable bonds is 5. The van der Waals surface area contributed by atoms with Gasteiger partial charge < -0.3 is 10.3 Å². The molecule has 0 saturated heterocycles. The minimum absolute atomic E-state index is 0.100. The molecular formula is C16H18ClN3O. The fraction of sp³-hybridized carbons (Fsp3) is 0.188. The Balaban J connectivity index is 2.26. The van der Waals surface area contributed by atoms with Crippen LogP contribution >= 0.6 is 11.6 Å². The zero-order valence-electron chi connectivity index (χ0n) is 11.8. The lowest BCUT2D eigenvalue weighted by atomic mass is 10.1. The molecule has 2 aromatic rings. The maximum absolute atomic E-state index is 12.7. The average Bonchev–Trinajstić information content (AvgIpc) is 2.53. The number of amides is 1. The molecule has 0 unspecified atom stereocenters. The SMILES string of the molecule is CCN(Cc1ccccc1)C(=O)c1cc(Cl)ccc1NN. The number of hydrazine groups is 1. The van der Waals surface area contributed by atoms with Crippen molar-refractivity contribution >= 4 is 23.2 Å². The van der Waals surface area contributed by atoms with Crippen molar-refractivity contribution in [3.8, 4) is 0 Å². The summed E-state index contributed by atoms with van der Waals surface area (Å²) in [6.07, 6.45) is 0. The number of carbonyl (C=O) groups is 1. The molecule has 0 saturated carbocycles. The number of nitrogen functional groups attached to an aromatic ring is 1. The van der Waals surface area contributed by atoms with E-state index in [1.807, 2.05) is 37.3 Å². The largest absolute Gasteiger partial charge is 0.335 e. The van der Waals surface area contributed by atoms with Gasteiger partial charge in [-0.05, 0) is 30.7 Å². The topological polar surface area (TPSA) is 58.4 Å². The number of nitrogens with one attached hydrogen (secondary N) is 1. The van der Waals surface area contributed by atoms with Gasteiger partial charge in [-0.3, -0.25) is 10.6 Å². The molecule has 4 nitrogen and oxygen atoms in total. The maximum atomic E-state index is 12.7. The van der Waals surface area contributed by atoms with Gasteiger partial charge in [-0.2, -0.15) is 0 Å². The molecule has 0 aliphatic rings. The Kier molecular flexibility index (Phi) is 5.20. The Labute approximate surface area is 129 Å². The highest BCUT2D eigenvalue weighted by Crippen LogP contribution is 2.22. The maximum Gasteiger partial charge on any atom is 0.256 e. The van der Waals surface area contributed by atoms with Crippen molar-refractivity contribution in [3.63, 3.8) is 0 Å². The fourth-order valence-corrected chi connectivity index (χ4v) is 2.29. The van der Waals surface area contributed by atoms with Crippen molar-refractivity contribution in [1.29, 1.82) is 0 Å². The molecule has 0 bridgehead atoms. The molecule has 0 aromatic heterocycles. The second-order valence-corrected chi connectivity index (χ2v) is 5.08. The lowest BCUT2D eigenvalue weighted by molar-refractivity contribution is 0.0753. The molecule has 0 radical (unpaired) electrons. The van der Waals surface area contributed by atoms with Gasteiger partial charge in [0, 0.05) is 18.1 Å². The summed E-state index contributed by atoms with van der Waals surface area (Å²) in [4.78, 5) is 14.4. The summed E-state index contributed by atoms with van der Waals surface area (Å²) < 4.78 is 0. The summed E-state index contributed by atoms with van der Waals surface area (Å²) in [6, 6.07) is 14.9. The fourth-order valence-electron chi connectivity index (χ4n) is 2.12. The molecule has 2 aromatic carbocycles. The van der Waals surface area contributed by atoms with E-state index in [1.165, 1.54) is 0 Å². The highest BCUT2D eigenvalue weighted by atomic mass is 35.5. The van der Waals surface area contributed by atoms with E-state index in [0.29, 0.717) is 29.4 Å². The van der Waals surface area contributed by atoms with E-state index in [4.69, 9.17) is 17.4 Å². The lowest BCUT2D eigenvalue weighted by Gasteiger charge is -2.22. The van der Waals surface area contributed by atoms with Gasteiger partial charge in [-0.25, -0.2) is 0 Å². The highest BCUT2D eigenvalue weighted by Gasteiger charge is 2.18. The van der Waals surface area contributed by atoms with Crippen LogP contribution in [0.5, 0.6) is 0 Å². The van der Waals surface area contributed by atoms with Crippen LogP contribution in [0.25, 0.3) is 0 Å². The number of anilines is 1. The Morgan fingerprint density at radius 2 is 1.95 bits per heavy atom. The molecule has 2 rings (SSSR count). The van der Waals surface area contributed by atoms with Crippen molar-refractivity contribution in [1.82, 2.24) is 4.90 Å². The van der Waals surface area contributed by atoms with Crippen molar-refractivity contribution in [2.45, 2.75) is 13.5 Å². The standard InChI is InChI=1S/C16H18ClN3O/c1-2-20(11-12-6-4-3-5-7-12)16(21)14-10-13(17)8-9-15(14)19-18/h3-10,19H,2,11,18H2,1H3. The summed E-state index contributed by atoms with van der Waals surface area (Å²) in [7, 11) is 0. The zero-order chi connectivity index (χ0) is 15.2. The van der Waals surface area contributed by atoms with Crippen molar-refractivity contribution in [3.05, 3.63) is 64.7 Å². The van der Waals surface area contributed by atoms with Crippen LogP contribution in [0.2, 0.25) is 5.02 Å². The summed E-state index contributed by atoms with van der Waals surface area (Å²) in [6.45, 7) is 3.10. The molecule has 0 aliphatic carbocycles. The van der Waals surface area contributed by atoms with E-state index in [2.05, 4.69) is 5.43 Å². The van der Waals surface area contributed by atoms with E-state index in [-0.39, 0.29) is 5.91 Å². The number of nitrogens with zero attached hydrogens (tertiary/aromatic N) is 1. The quantitative estimate of drug-likeness (QED) is 0.658. The molecular weight excluding hydrogens is 286 g/mol. The minimum atomic E-state index is -0.100. The van der Waals surface area contributed by atoms with Crippen LogP contribution in [0.15, 0.2) is 48.5 Å². The third-order valence-electron chi connectivity index (χ3n) is 3.25. The Morgan fingerprint density at radius 1 is 1.24 bits per heavy atom. The van der Waals surface area contributed by atoms with Crippen LogP contribution in [-0.2, 0) is 6.54 Å². The van der Waals surface area contributed by atoms with Crippen LogP contribution in [-0.4, -0.2) is 17.4 Å². The van der Waals surface area contributed by atoms with Crippen LogP contribution in [0.3, 0.4) is 0 Å². The molecule has 0 atom stereocenters. The van der Waals surface area contributed by atoms with Gasteiger partial charge in [-0.1, -0.05) is 41.9 Å². The predicted octanol–water partition coefficient (Wildman–Crippen LogP) is 3.29. The third-order valence-corrected chi connectivity index (χ3v) is 3.49. The van der Waals surface area contributed by atoms with Crippen LogP contribution in [0, 0.1) is 0 Å². The van der Waals surface area contributed by atoms with E-state index >= 15 is 0 Å². The highest BCUT2D eigenvalue weighted by molar-refractivity contribution is 6.31.